The van der Waals surface area contributed by atoms with Crippen molar-refractivity contribution in [3.8, 4) is 0 Å². The molecule has 0 radical (unpaired) electrons. The normalized spacial score (nSPS) is 13.2. The van der Waals surface area contributed by atoms with Crippen LogP contribution in [0.15, 0.2) is 0 Å². The number of esters is 1. The van der Waals surface area contributed by atoms with Crippen molar-refractivity contribution in [1.82, 2.24) is 4.98 Å². The van der Waals surface area contributed by atoms with Crippen LogP contribution in [0.3, 0.4) is 0 Å². The molecule has 1 atom stereocenters. The zero-order valence-corrected chi connectivity index (χ0v) is 13.5. The highest BCUT2D eigenvalue weighted by Crippen LogP contribution is 2.25. The maximum Gasteiger partial charge on any atom is 0.350 e. The Hall–Kier alpha value is -1.10. The minimum atomic E-state index is -0.476. The van der Waals surface area contributed by atoms with E-state index in [9.17, 15) is 4.79 Å². The van der Waals surface area contributed by atoms with Crippen molar-refractivity contribution in [3.63, 3.8) is 0 Å². The summed E-state index contributed by atoms with van der Waals surface area (Å²) >= 11 is 1.37. The number of thiazole rings is 1. The van der Waals surface area contributed by atoms with Crippen LogP contribution in [0.2, 0.25) is 0 Å². The van der Waals surface area contributed by atoms with Crippen LogP contribution in [-0.2, 0) is 4.74 Å². The minimum Gasteiger partial charge on any atom is -0.456 e. The van der Waals surface area contributed by atoms with Crippen LogP contribution in [0.1, 0.15) is 62.8 Å². The monoisotopic (exact) mass is 284 g/mol. The molecule has 5 heteroatoms. The van der Waals surface area contributed by atoms with Crippen molar-refractivity contribution < 1.29 is 9.53 Å². The fourth-order valence-corrected chi connectivity index (χ4v) is 2.64. The molecule has 0 fully saturated rings. The van der Waals surface area contributed by atoms with Crippen LogP contribution < -0.4 is 5.32 Å². The summed E-state index contributed by atoms with van der Waals surface area (Å²) < 4.78 is 5.37. The number of carbonyl (C=O) groups is 1. The summed E-state index contributed by atoms with van der Waals surface area (Å²) in [6, 6.07) is 0.363. The number of anilines is 1. The molecular weight excluding hydrogens is 260 g/mol. The molecule has 0 amide bonds. The lowest BCUT2D eigenvalue weighted by Gasteiger charge is -2.18. The van der Waals surface area contributed by atoms with E-state index in [1.807, 2.05) is 27.7 Å². The van der Waals surface area contributed by atoms with Crippen molar-refractivity contribution in [2.45, 2.75) is 66.0 Å². The van der Waals surface area contributed by atoms with Gasteiger partial charge in [0.2, 0.25) is 0 Å². The molecule has 0 bridgehead atoms. The van der Waals surface area contributed by atoms with Gasteiger partial charge in [0.05, 0.1) is 5.69 Å². The van der Waals surface area contributed by atoms with Gasteiger partial charge in [0.1, 0.15) is 10.5 Å². The molecule has 0 saturated carbocycles. The molecule has 0 saturated heterocycles. The van der Waals surface area contributed by atoms with E-state index in [1.54, 1.807) is 0 Å². The molecule has 108 valence electrons. The van der Waals surface area contributed by atoms with Crippen molar-refractivity contribution >= 4 is 22.4 Å². The number of rotatable bonds is 5. The molecule has 1 N–H and O–H groups in total. The van der Waals surface area contributed by atoms with Gasteiger partial charge in [-0.25, -0.2) is 9.78 Å². The molecule has 4 nitrogen and oxygen atoms in total. The third-order valence-corrected chi connectivity index (χ3v) is 3.54. The topological polar surface area (TPSA) is 51.2 Å². The molecular formula is C14H24N2O2S. The Kier molecular flexibility index (Phi) is 5.35. The third kappa shape index (κ3) is 5.19. The van der Waals surface area contributed by atoms with Crippen molar-refractivity contribution in [3.05, 3.63) is 10.6 Å². The van der Waals surface area contributed by atoms with Gasteiger partial charge in [-0.05, 0) is 41.0 Å². The standard InChI is InChI=1S/C14H24N2O2S/c1-7-8-9(2)15-13-16-10(3)11(19-13)12(17)18-14(4,5)6/h9H,7-8H2,1-6H3,(H,15,16). The fourth-order valence-electron chi connectivity index (χ4n) is 1.69. The van der Waals surface area contributed by atoms with E-state index in [0.717, 1.165) is 23.7 Å². The van der Waals surface area contributed by atoms with Gasteiger partial charge in [-0.1, -0.05) is 24.7 Å². The van der Waals surface area contributed by atoms with Gasteiger partial charge in [0.25, 0.3) is 0 Å². The second-order valence-corrected chi connectivity index (χ2v) is 6.77. The molecule has 1 unspecified atom stereocenters. The van der Waals surface area contributed by atoms with Crippen molar-refractivity contribution in [2.75, 3.05) is 5.32 Å². The summed E-state index contributed by atoms with van der Waals surface area (Å²) in [5.74, 6) is -0.293. The van der Waals surface area contributed by atoms with Crippen LogP contribution in [0.25, 0.3) is 0 Å². The van der Waals surface area contributed by atoms with E-state index >= 15 is 0 Å². The van der Waals surface area contributed by atoms with Gasteiger partial charge in [0, 0.05) is 6.04 Å². The lowest BCUT2D eigenvalue weighted by molar-refractivity contribution is 0.00742. The summed E-state index contributed by atoms with van der Waals surface area (Å²) in [7, 11) is 0. The smallest absolute Gasteiger partial charge is 0.350 e. The zero-order valence-electron chi connectivity index (χ0n) is 12.7. The molecule has 1 aromatic heterocycles. The second kappa shape index (κ2) is 6.37. The first-order chi connectivity index (χ1) is 8.73. The molecule has 1 aromatic rings. The van der Waals surface area contributed by atoms with E-state index in [2.05, 4.69) is 24.1 Å². The highest BCUT2D eigenvalue weighted by Gasteiger charge is 2.22. The number of aromatic nitrogens is 1. The second-order valence-electron chi connectivity index (χ2n) is 5.77. The Morgan fingerprint density at radius 1 is 1.47 bits per heavy atom. The van der Waals surface area contributed by atoms with Crippen LogP contribution >= 0.6 is 11.3 Å². The number of hydrogen-bond donors (Lipinski definition) is 1. The molecule has 0 aliphatic carbocycles. The number of hydrogen-bond acceptors (Lipinski definition) is 5. The van der Waals surface area contributed by atoms with E-state index in [-0.39, 0.29) is 5.97 Å². The molecule has 1 heterocycles. The number of aryl methyl sites for hydroxylation is 1. The van der Waals surface area contributed by atoms with Gasteiger partial charge >= 0.3 is 5.97 Å². The molecule has 0 aliphatic rings. The Labute approximate surface area is 119 Å². The van der Waals surface area contributed by atoms with Crippen molar-refractivity contribution in [1.29, 1.82) is 0 Å². The largest absolute Gasteiger partial charge is 0.456 e. The fraction of sp³-hybridized carbons (Fsp3) is 0.714. The highest BCUT2D eigenvalue weighted by molar-refractivity contribution is 7.17. The minimum absolute atomic E-state index is 0.293. The van der Waals surface area contributed by atoms with Crippen LogP contribution in [-0.4, -0.2) is 22.6 Å². The molecule has 0 aromatic carbocycles. The maximum absolute atomic E-state index is 12.0. The maximum atomic E-state index is 12.0. The lowest BCUT2D eigenvalue weighted by Crippen LogP contribution is -2.23. The Morgan fingerprint density at radius 3 is 2.63 bits per heavy atom. The summed E-state index contributed by atoms with van der Waals surface area (Å²) in [6.45, 7) is 11.7. The predicted molar refractivity (Wildman–Crippen MR) is 80.0 cm³/mol. The van der Waals surface area contributed by atoms with Crippen LogP contribution in [0.4, 0.5) is 5.13 Å². The van der Waals surface area contributed by atoms with Gasteiger partial charge in [-0.2, -0.15) is 0 Å². The van der Waals surface area contributed by atoms with E-state index < -0.39 is 5.60 Å². The van der Waals surface area contributed by atoms with E-state index in [1.165, 1.54) is 11.3 Å². The summed E-state index contributed by atoms with van der Waals surface area (Å²) in [5, 5.41) is 4.11. The Morgan fingerprint density at radius 2 is 2.11 bits per heavy atom. The summed E-state index contributed by atoms with van der Waals surface area (Å²) in [4.78, 5) is 17.0. The first-order valence-electron chi connectivity index (χ1n) is 6.70. The summed E-state index contributed by atoms with van der Waals surface area (Å²) in [5.41, 5.74) is 0.252. The average molecular weight is 284 g/mol. The average Bonchev–Trinajstić information content (AvgIpc) is 2.57. The molecule has 0 spiro atoms. The zero-order chi connectivity index (χ0) is 14.6. The van der Waals surface area contributed by atoms with Crippen LogP contribution in [0.5, 0.6) is 0 Å². The SMILES string of the molecule is CCCC(C)Nc1nc(C)c(C(=O)OC(C)(C)C)s1. The van der Waals surface area contributed by atoms with Gasteiger partial charge < -0.3 is 10.1 Å². The molecule has 19 heavy (non-hydrogen) atoms. The first-order valence-corrected chi connectivity index (χ1v) is 7.52. The molecule has 1 rings (SSSR count). The quantitative estimate of drug-likeness (QED) is 0.830. The first kappa shape index (κ1) is 16.0. The van der Waals surface area contributed by atoms with Crippen LogP contribution in [0, 0.1) is 6.92 Å². The van der Waals surface area contributed by atoms with Gasteiger partial charge in [-0.3, -0.25) is 0 Å². The number of nitrogens with one attached hydrogen (secondary N) is 1. The highest BCUT2D eigenvalue weighted by atomic mass is 32.1. The lowest BCUT2D eigenvalue weighted by atomic mass is 10.2. The van der Waals surface area contributed by atoms with E-state index in [0.29, 0.717) is 10.9 Å². The third-order valence-electron chi connectivity index (χ3n) is 2.47. The number of ether oxygens (including phenoxy) is 1. The van der Waals surface area contributed by atoms with Gasteiger partial charge in [-0.15, -0.1) is 0 Å². The predicted octanol–water partition coefficient (Wildman–Crippen LogP) is 4.01. The van der Waals surface area contributed by atoms with Crippen molar-refractivity contribution in [2.24, 2.45) is 0 Å². The number of nitrogens with zero attached hydrogens (tertiary/aromatic N) is 1. The van der Waals surface area contributed by atoms with E-state index in [4.69, 9.17) is 4.74 Å². The Balaban J connectivity index is 2.76. The number of carbonyl (C=O) groups excluding carboxylic acids is 1. The Bertz CT molecular complexity index is 435. The molecule has 0 aliphatic heterocycles. The van der Waals surface area contributed by atoms with Gasteiger partial charge in [0.15, 0.2) is 5.13 Å². The summed E-state index contributed by atoms with van der Waals surface area (Å²) in [6.07, 6.45) is 2.21.